The number of carboxylic acids is 1. The lowest BCUT2D eigenvalue weighted by Gasteiger charge is -2.20. The second-order valence-corrected chi connectivity index (χ2v) is 8.92. The Hall–Kier alpha value is -3.88. The molecular weight excluding hydrogens is 450 g/mol. The smallest absolute Gasteiger partial charge is 0.407 e. The number of ether oxygens (including phenoxy) is 1. The molecule has 35 heavy (non-hydrogen) atoms. The Morgan fingerprint density at radius 1 is 0.886 bits per heavy atom. The second kappa shape index (κ2) is 12.0. The van der Waals surface area contributed by atoms with Crippen molar-refractivity contribution in [1.29, 1.82) is 0 Å². The summed E-state index contributed by atoms with van der Waals surface area (Å²) in [5, 5.41) is 16.0. The number of rotatable bonds is 11. The highest BCUT2D eigenvalue weighted by molar-refractivity contribution is 5.87. The standard InChI is InChI=1S/C26H31N3O6/c1-16(2)11-17(25(33)28-13-23(30)27-14-24(31)32)12-29-26(34)35-15-22-20-9-5-3-7-18(20)19-8-4-6-10-21(19)22/h3-10,16-17,22H,11-15H2,1-2H3,(H,27,30)(H,28,33)(H,29,34)(H,31,32). The number of fused-ring (bicyclic) bond motifs is 3. The topological polar surface area (TPSA) is 134 Å². The number of carbonyl (C=O) groups is 4. The first-order valence-corrected chi connectivity index (χ1v) is 11.6. The van der Waals surface area contributed by atoms with Crippen LogP contribution in [0.3, 0.4) is 0 Å². The van der Waals surface area contributed by atoms with E-state index < -0.39 is 36.3 Å². The van der Waals surface area contributed by atoms with Gasteiger partial charge in [0.1, 0.15) is 13.2 Å². The molecule has 3 rings (SSSR count). The quantitative estimate of drug-likeness (QED) is 0.390. The third-order valence-corrected chi connectivity index (χ3v) is 5.82. The van der Waals surface area contributed by atoms with Crippen molar-refractivity contribution in [2.24, 2.45) is 11.8 Å². The molecule has 2 aromatic rings. The van der Waals surface area contributed by atoms with Crippen LogP contribution in [0.1, 0.15) is 37.3 Å². The number of hydrogen-bond acceptors (Lipinski definition) is 5. The van der Waals surface area contributed by atoms with E-state index in [4.69, 9.17) is 9.84 Å². The van der Waals surface area contributed by atoms with Gasteiger partial charge in [0.25, 0.3) is 0 Å². The molecule has 0 saturated carbocycles. The van der Waals surface area contributed by atoms with Crippen LogP contribution in [0.2, 0.25) is 0 Å². The van der Waals surface area contributed by atoms with Crippen molar-refractivity contribution in [3.05, 3.63) is 59.7 Å². The van der Waals surface area contributed by atoms with E-state index >= 15 is 0 Å². The average Bonchev–Trinajstić information content (AvgIpc) is 3.16. The van der Waals surface area contributed by atoms with Crippen molar-refractivity contribution >= 4 is 23.9 Å². The van der Waals surface area contributed by atoms with Gasteiger partial charge < -0.3 is 25.8 Å². The van der Waals surface area contributed by atoms with Gasteiger partial charge in [-0.3, -0.25) is 14.4 Å². The zero-order valence-corrected chi connectivity index (χ0v) is 19.9. The number of alkyl carbamates (subject to hydrolysis) is 1. The van der Waals surface area contributed by atoms with Crippen molar-refractivity contribution < 1.29 is 29.0 Å². The monoisotopic (exact) mass is 481 g/mol. The maximum absolute atomic E-state index is 12.6. The molecule has 0 fully saturated rings. The van der Waals surface area contributed by atoms with Crippen molar-refractivity contribution in [1.82, 2.24) is 16.0 Å². The number of hydrogen-bond donors (Lipinski definition) is 4. The highest BCUT2D eigenvalue weighted by Crippen LogP contribution is 2.44. The Balaban J connectivity index is 1.52. The summed E-state index contributed by atoms with van der Waals surface area (Å²) in [6, 6.07) is 16.1. The highest BCUT2D eigenvalue weighted by Gasteiger charge is 2.29. The lowest BCUT2D eigenvalue weighted by Crippen LogP contribution is -2.44. The Labute approximate surface area is 204 Å². The molecule has 0 heterocycles. The minimum atomic E-state index is -1.17. The number of benzene rings is 2. The zero-order valence-electron chi connectivity index (χ0n) is 19.9. The predicted octanol–water partition coefficient (Wildman–Crippen LogP) is 2.50. The lowest BCUT2D eigenvalue weighted by molar-refractivity contribution is -0.137. The first kappa shape index (κ1) is 25.7. The number of carboxylic acid groups (broad SMARTS) is 1. The Kier molecular flexibility index (Phi) is 8.83. The summed E-state index contributed by atoms with van der Waals surface area (Å²) in [6.45, 7) is 3.27. The van der Waals surface area contributed by atoms with Crippen LogP contribution in [-0.2, 0) is 19.1 Å². The van der Waals surface area contributed by atoms with Crippen LogP contribution in [0.4, 0.5) is 4.79 Å². The molecule has 3 amide bonds. The SMILES string of the molecule is CC(C)CC(CNC(=O)OCC1c2ccccc2-c2ccccc21)C(=O)NCC(=O)NCC(=O)O. The molecule has 1 atom stereocenters. The van der Waals surface area contributed by atoms with Crippen LogP contribution >= 0.6 is 0 Å². The zero-order chi connectivity index (χ0) is 25.4. The Morgan fingerprint density at radius 2 is 1.49 bits per heavy atom. The summed E-state index contributed by atoms with van der Waals surface area (Å²) in [5.74, 6) is -2.63. The lowest BCUT2D eigenvalue weighted by atomic mass is 9.96. The number of carbonyl (C=O) groups excluding carboxylic acids is 3. The van der Waals surface area contributed by atoms with Crippen molar-refractivity contribution in [3.63, 3.8) is 0 Å². The van der Waals surface area contributed by atoms with Gasteiger partial charge >= 0.3 is 12.1 Å². The van der Waals surface area contributed by atoms with E-state index in [1.165, 1.54) is 0 Å². The largest absolute Gasteiger partial charge is 0.480 e. The molecular formula is C26H31N3O6. The molecule has 9 nitrogen and oxygen atoms in total. The van der Waals surface area contributed by atoms with E-state index in [2.05, 4.69) is 28.1 Å². The summed E-state index contributed by atoms with van der Waals surface area (Å²) >= 11 is 0. The summed E-state index contributed by atoms with van der Waals surface area (Å²) in [4.78, 5) is 47.2. The number of aliphatic carboxylic acids is 1. The molecule has 9 heteroatoms. The third kappa shape index (κ3) is 7.05. The number of nitrogens with one attached hydrogen (secondary N) is 3. The van der Waals surface area contributed by atoms with Gasteiger partial charge in [-0.1, -0.05) is 62.4 Å². The second-order valence-electron chi connectivity index (χ2n) is 8.92. The summed E-state index contributed by atoms with van der Waals surface area (Å²) < 4.78 is 5.53. The van der Waals surface area contributed by atoms with Crippen LogP contribution in [0.15, 0.2) is 48.5 Å². The molecule has 1 unspecified atom stereocenters. The summed E-state index contributed by atoms with van der Waals surface area (Å²) in [5.41, 5.74) is 4.50. The third-order valence-electron chi connectivity index (χ3n) is 5.82. The van der Waals surface area contributed by atoms with E-state index in [0.29, 0.717) is 6.42 Å². The molecule has 4 N–H and O–H groups in total. The van der Waals surface area contributed by atoms with Gasteiger partial charge in [-0.15, -0.1) is 0 Å². The minimum absolute atomic E-state index is 0.0530. The molecule has 0 bridgehead atoms. The van der Waals surface area contributed by atoms with Gasteiger partial charge in [0, 0.05) is 12.5 Å². The van der Waals surface area contributed by atoms with Crippen LogP contribution in [0, 0.1) is 11.8 Å². The maximum atomic E-state index is 12.6. The van der Waals surface area contributed by atoms with E-state index in [9.17, 15) is 19.2 Å². The van der Waals surface area contributed by atoms with E-state index in [0.717, 1.165) is 22.3 Å². The fourth-order valence-electron chi connectivity index (χ4n) is 4.26. The fraction of sp³-hybridized carbons (Fsp3) is 0.385. The Bertz CT molecular complexity index is 1040. The molecule has 0 radical (unpaired) electrons. The number of amides is 3. The molecule has 0 spiro atoms. The van der Waals surface area contributed by atoms with Crippen molar-refractivity contribution in [2.45, 2.75) is 26.2 Å². The minimum Gasteiger partial charge on any atom is -0.480 e. The fourth-order valence-corrected chi connectivity index (χ4v) is 4.26. The molecule has 186 valence electrons. The summed E-state index contributed by atoms with van der Waals surface area (Å²) in [6.07, 6.45) is -0.126. The van der Waals surface area contributed by atoms with Crippen LogP contribution in [0.5, 0.6) is 0 Å². The normalized spacial score (nSPS) is 12.9. The van der Waals surface area contributed by atoms with Gasteiger partial charge in [0.2, 0.25) is 11.8 Å². The van der Waals surface area contributed by atoms with E-state index in [-0.39, 0.29) is 31.5 Å². The van der Waals surface area contributed by atoms with Crippen LogP contribution in [0.25, 0.3) is 11.1 Å². The van der Waals surface area contributed by atoms with Gasteiger partial charge in [-0.2, -0.15) is 0 Å². The first-order chi connectivity index (χ1) is 16.8. The molecule has 0 saturated heterocycles. The molecule has 1 aliphatic rings. The molecule has 1 aliphatic carbocycles. The summed E-state index contributed by atoms with van der Waals surface area (Å²) in [7, 11) is 0. The molecule has 0 aliphatic heterocycles. The Morgan fingerprint density at radius 3 is 2.06 bits per heavy atom. The maximum Gasteiger partial charge on any atom is 0.407 e. The molecule has 2 aromatic carbocycles. The predicted molar refractivity (Wildman–Crippen MR) is 130 cm³/mol. The van der Waals surface area contributed by atoms with Crippen LogP contribution < -0.4 is 16.0 Å². The van der Waals surface area contributed by atoms with E-state index in [1.54, 1.807) is 0 Å². The van der Waals surface area contributed by atoms with Crippen molar-refractivity contribution in [3.8, 4) is 11.1 Å². The van der Waals surface area contributed by atoms with Gasteiger partial charge in [0.15, 0.2) is 0 Å². The van der Waals surface area contributed by atoms with Crippen LogP contribution in [-0.4, -0.2) is 55.2 Å². The van der Waals surface area contributed by atoms with E-state index in [1.807, 2.05) is 50.2 Å². The first-order valence-electron chi connectivity index (χ1n) is 11.6. The average molecular weight is 482 g/mol. The van der Waals surface area contributed by atoms with Crippen molar-refractivity contribution in [2.75, 3.05) is 26.2 Å². The molecule has 0 aromatic heterocycles. The highest BCUT2D eigenvalue weighted by atomic mass is 16.5. The van der Waals surface area contributed by atoms with Gasteiger partial charge in [0.05, 0.1) is 12.5 Å². The van der Waals surface area contributed by atoms with Gasteiger partial charge in [-0.05, 0) is 34.6 Å². The van der Waals surface area contributed by atoms with Gasteiger partial charge in [-0.25, -0.2) is 4.79 Å².